The van der Waals surface area contributed by atoms with Crippen LogP contribution in [0.15, 0.2) is 71.6 Å². The quantitative estimate of drug-likeness (QED) is 0.491. The zero-order chi connectivity index (χ0) is 25.9. The van der Waals surface area contributed by atoms with E-state index < -0.39 is 22.5 Å². The summed E-state index contributed by atoms with van der Waals surface area (Å²) in [5.74, 6) is -0.0962. The minimum Gasteiger partial charge on any atom is -0.495 e. The average molecular weight is 508 g/mol. The van der Waals surface area contributed by atoms with Gasteiger partial charge in [0.25, 0.3) is 10.0 Å². The molecule has 0 atom stereocenters. The van der Waals surface area contributed by atoms with Crippen LogP contribution in [-0.2, 0) is 19.6 Å². The first-order valence-corrected chi connectivity index (χ1v) is 13.1. The van der Waals surface area contributed by atoms with Crippen molar-refractivity contribution in [1.29, 1.82) is 0 Å². The number of aryl methyl sites for hydroxylation is 2. The molecule has 0 saturated carbocycles. The number of ether oxygens (including phenoxy) is 1. The number of hydrogen-bond acceptors (Lipinski definition) is 5. The molecule has 0 radical (unpaired) electrons. The van der Waals surface area contributed by atoms with Gasteiger partial charge in [0.2, 0.25) is 11.8 Å². The van der Waals surface area contributed by atoms with Crippen molar-refractivity contribution in [2.24, 2.45) is 0 Å². The predicted octanol–water partition coefficient (Wildman–Crippen LogP) is 4.27. The topological polar surface area (TPSA) is 96.0 Å². The molecule has 1 saturated heterocycles. The third-order valence-corrected chi connectivity index (χ3v) is 7.87. The summed E-state index contributed by atoms with van der Waals surface area (Å²) in [6.07, 6.45) is 1.36. The summed E-state index contributed by atoms with van der Waals surface area (Å²) in [5.41, 5.74) is 3.35. The van der Waals surface area contributed by atoms with E-state index in [4.69, 9.17) is 4.74 Å². The Balaban J connectivity index is 1.61. The number of hydrogen-bond donors (Lipinski definition) is 1. The molecule has 1 aliphatic rings. The molecule has 9 heteroatoms. The highest BCUT2D eigenvalue weighted by molar-refractivity contribution is 7.92. The summed E-state index contributed by atoms with van der Waals surface area (Å²) in [5, 5.41) is 2.79. The van der Waals surface area contributed by atoms with Crippen LogP contribution in [0, 0.1) is 13.8 Å². The number of sulfonamides is 1. The first-order valence-electron chi connectivity index (χ1n) is 11.6. The molecule has 1 heterocycles. The maximum atomic E-state index is 13.6. The molecule has 0 unspecified atom stereocenters. The van der Waals surface area contributed by atoms with Crippen LogP contribution in [0.5, 0.6) is 5.75 Å². The largest absolute Gasteiger partial charge is 0.495 e. The zero-order valence-electron chi connectivity index (χ0n) is 20.5. The molecule has 188 valence electrons. The number of amides is 2. The third-order valence-electron chi connectivity index (χ3n) is 6.09. The van der Waals surface area contributed by atoms with Gasteiger partial charge in [-0.25, -0.2) is 8.42 Å². The minimum absolute atomic E-state index is 0.0716. The lowest BCUT2D eigenvalue weighted by atomic mass is 10.1. The number of rotatable bonds is 8. The van der Waals surface area contributed by atoms with E-state index in [2.05, 4.69) is 5.32 Å². The Morgan fingerprint density at radius 3 is 2.42 bits per heavy atom. The summed E-state index contributed by atoms with van der Waals surface area (Å²) in [6.45, 7) is 3.96. The van der Waals surface area contributed by atoms with Gasteiger partial charge < -0.3 is 15.0 Å². The van der Waals surface area contributed by atoms with Crippen LogP contribution in [-0.4, -0.2) is 40.4 Å². The van der Waals surface area contributed by atoms with Crippen molar-refractivity contribution in [3.63, 3.8) is 0 Å². The summed E-state index contributed by atoms with van der Waals surface area (Å²) in [7, 11) is -2.63. The van der Waals surface area contributed by atoms with Gasteiger partial charge in [0.05, 0.1) is 17.7 Å². The van der Waals surface area contributed by atoms with Crippen LogP contribution in [0.25, 0.3) is 0 Å². The Kier molecular flexibility index (Phi) is 7.30. The smallest absolute Gasteiger partial charge is 0.264 e. The number of methoxy groups -OCH3 is 1. The second-order valence-corrected chi connectivity index (χ2v) is 10.6. The molecule has 36 heavy (non-hydrogen) atoms. The second kappa shape index (κ2) is 10.4. The highest BCUT2D eigenvalue weighted by Gasteiger charge is 2.29. The third kappa shape index (κ3) is 5.21. The van der Waals surface area contributed by atoms with Gasteiger partial charge in [0.15, 0.2) is 0 Å². The Bertz CT molecular complexity index is 1390. The highest BCUT2D eigenvalue weighted by atomic mass is 32.2. The van der Waals surface area contributed by atoms with Crippen LogP contribution < -0.4 is 19.3 Å². The Labute approximate surface area is 211 Å². The molecular weight excluding hydrogens is 478 g/mol. The van der Waals surface area contributed by atoms with E-state index in [0.717, 1.165) is 27.5 Å². The van der Waals surface area contributed by atoms with Crippen molar-refractivity contribution in [1.82, 2.24) is 0 Å². The van der Waals surface area contributed by atoms with E-state index in [1.807, 2.05) is 13.8 Å². The molecule has 0 aromatic heterocycles. The fourth-order valence-electron chi connectivity index (χ4n) is 4.24. The number of carbonyl (C=O) groups excluding carboxylic acids is 2. The first-order chi connectivity index (χ1) is 17.2. The van der Waals surface area contributed by atoms with Crippen molar-refractivity contribution in [2.45, 2.75) is 31.6 Å². The molecule has 3 aromatic carbocycles. The van der Waals surface area contributed by atoms with Crippen molar-refractivity contribution < 1.29 is 22.7 Å². The molecule has 4 rings (SSSR count). The molecule has 2 amide bonds. The maximum Gasteiger partial charge on any atom is 0.264 e. The van der Waals surface area contributed by atoms with Crippen LogP contribution >= 0.6 is 0 Å². The Morgan fingerprint density at radius 1 is 1.06 bits per heavy atom. The fraction of sp³-hybridized carbons (Fsp3) is 0.259. The van der Waals surface area contributed by atoms with Crippen molar-refractivity contribution in [3.05, 3.63) is 77.9 Å². The van der Waals surface area contributed by atoms with E-state index in [1.165, 1.54) is 19.2 Å². The summed E-state index contributed by atoms with van der Waals surface area (Å²) < 4.78 is 33.7. The van der Waals surface area contributed by atoms with E-state index in [-0.39, 0.29) is 16.5 Å². The zero-order valence-corrected chi connectivity index (χ0v) is 21.3. The SMILES string of the molecule is COc1ccccc1N(CC(=O)Nc1ccc(N2CCCC2=O)c(C)c1)S(=O)(=O)c1ccc(C)cc1. The number of anilines is 3. The first kappa shape index (κ1) is 25.2. The van der Waals surface area contributed by atoms with E-state index in [0.29, 0.717) is 24.4 Å². The lowest BCUT2D eigenvalue weighted by Crippen LogP contribution is -2.38. The normalized spacial score (nSPS) is 13.5. The van der Waals surface area contributed by atoms with E-state index >= 15 is 0 Å². The summed E-state index contributed by atoms with van der Waals surface area (Å²) >= 11 is 0. The molecule has 0 aliphatic carbocycles. The predicted molar refractivity (Wildman–Crippen MR) is 140 cm³/mol. The van der Waals surface area contributed by atoms with E-state index in [1.54, 1.807) is 59.5 Å². The standard InChI is InChI=1S/C27H29N3O5S/c1-19-10-13-22(14-11-19)36(33,34)30(24-7-4-5-8-25(24)35-3)18-26(31)28-21-12-15-23(20(2)17-21)29-16-6-9-27(29)32/h4-5,7-8,10-15,17H,6,9,16,18H2,1-3H3,(H,28,31). The summed E-state index contributed by atoms with van der Waals surface area (Å²) in [6, 6.07) is 18.4. The van der Waals surface area contributed by atoms with Gasteiger partial charge in [-0.1, -0.05) is 29.8 Å². The van der Waals surface area contributed by atoms with Crippen molar-refractivity contribution >= 4 is 38.9 Å². The van der Waals surface area contributed by atoms with Gasteiger partial charge in [-0.15, -0.1) is 0 Å². The van der Waals surface area contributed by atoms with Gasteiger partial charge in [-0.3, -0.25) is 13.9 Å². The number of nitrogens with one attached hydrogen (secondary N) is 1. The minimum atomic E-state index is -4.07. The number of carbonyl (C=O) groups is 2. The van der Waals surface area contributed by atoms with E-state index in [9.17, 15) is 18.0 Å². The molecule has 1 aliphatic heterocycles. The van der Waals surface area contributed by atoms with Crippen molar-refractivity contribution in [3.8, 4) is 5.75 Å². The lowest BCUT2D eigenvalue weighted by molar-refractivity contribution is -0.117. The van der Waals surface area contributed by atoms with Crippen molar-refractivity contribution in [2.75, 3.05) is 34.7 Å². The molecular formula is C27H29N3O5S. The monoisotopic (exact) mass is 507 g/mol. The fourth-order valence-corrected chi connectivity index (χ4v) is 5.67. The second-order valence-electron chi connectivity index (χ2n) is 8.69. The van der Waals surface area contributed by atoms with Crippen LogP contribution in [0.1, 0.15) is 24.0 Å². The van der Waals surface area contributed by atoms with Gasteiger partial charge in [-0.2, -0.15) is 0 Å². The molecule has 1 N–H and O–H groups in total. The Hall–Kier alpha value is -3.85. The lowest BCUT2D eigenvalue weighted by Gasteiger charge is -2.26. The molecule has 0 spiro atoms. The van der Waals surface area contributed by atoms with Gasteiger partial charge in [0, 0.05) is 24.3 Å². The maximum absolute atomic E-state index is 13.6. The summed E-state index contributed by atoms with van der Waals surface area (Å²) in [4.78, 5) is 27.0. The number of nitrogens with zero attached hydrogens (tertiary/aromatic N) is 2. The van der Waals surface area contributed by atoms with Gasteiger partial charge >= 0.3 is 0 Å². The van der Waals surface area contributed by atoms with Crippen LogP contribution in [0.4, 0.5) is 17.1 Å². The average Bonchev–Trinajstić information content (AvgIpc) is 3.28. The number of para-hydroxylation sites is 2. The van der Waals surface area contributed by atoms with Gasteiger partial charge in [0.1, 0.15) is 12.3 Å². The van der Waals surface area contributed by atoms with Crippen LogP contribution in [0.3, 0.4) is 0 Å². The highest BCUT2D eigenvalue weighted by Crippen LogP contribution is 2.32. The molecule has 3 aromatic rings. The van der Waals surface area contributed by atoms with Gasteiger partial charge in [-0.05, 0) is 68.3 Å². The molecule has 8 nitrogen and oxygen atoms in total. The van der Waals surface area contributed by atoms with Crippen LogP contribution in [0.2, 0.25) is 0 Å². The number of benzene rings is 3. The Morgan fingerprint density at radius 2 is 1.78 bits per heavy atom. The molecule has 0 bridgehead atoms. The molecule has 1 fully saturated rings.